The van der Waals surface area contributed by atoms with Crippen molar-refractivity contribution in [3.8, 4) is 11.5 Å². The van der Waals surface area contributed by atoms with Crippen LogP contribution in [-0.4, -0.2) is 25.2 Å². The summed E-state index contributed by atoms with van der Waals surface area (Å²) in [6.45, 7) is 10.1. The van der Waals surface area contributed by atoms with Gasteiger partial charge in [0, 0.05) is 11.4 Å². The topological polar surface area (TPSA) is 88.7 Å². The Balaban J connectivity index is 1.91. The van der Waals surface area contributed by atoms with Gasteiger partial charge in [-0.2, -0.15) is 0 Å². The average molecular weight is 425 g/mol. The molecular formula is C23H24FN3O4. The van der Waals surface area contributed by atoms with Crippen molar-refractivity contribution < 1.29 is 23.5 Å². The maximum atomic E-state index is 13.2. The van der Waals surface area contributed by atoms with Crippen LogP contribution >= 0.6 is 0 Å². The van der Waals surface area contributed by atoms with E-state index in [-0.39, 0.29) is 5.70 Å². The van der Waals surface area contributed by atoms with E-state index in [1.807, 2.05) is 6.92 Å². The molecule has 31 heavy (non-hydrogen) atoms. The molecule has 2 aromatic carbocycles. The zero-order valence-electron chi connectivity index (χ0n) is 17.1. The monoisotopic (exact) mass is 425 g/mol. The second kappa shape index (κ2) is 9.80. The lowest BCUT2D eigenvalue weighted by atomic mass is 9.88. The van der Waals surface area contributed by atoms with Crippen LogP contribution < -0.4 is 25.4 Å². The number of hydrogen-bond acceptors (Lipinski definition) is 4. The molecule has 2 atom stereocenters. The highest BCUT2D eigenvalue weighted by molar-refractivity contribution is 5.97. The molecule has 0 radical (unpaired) electrons. The molecule has 8 heteroatoms. The van der Waals surface area contributed by atoms with Gasteiger partial charge >= 0.3 is 6.03 Å². The quantitative estimate of drug-likeness (QED) is 0.560. The number of carbonyl (C=O) groups is 2. The third-order valence-corrected chi connectivity index (χ3v) is 4.65. The van der Waals surface area contributed by atoms with Gasteiger partial charge in [-0.3, -0.25) is 4.79 Å². The zero-order chi connectivity index (χ0) is 22.4. The number of anilines is 1. The van der Waals surface area contributed by atoms with E-state index in [1.54, 1.807) is 24.3 Å². The number of rotatable bonds is 8. The molecule has 1 aliphatic rings. The summed E-state index contributed by atoms with van der Waals surface area (Å²) in [6.07, 6.45) is 1.62. The number of halogens is 1. The van der Waals surface area contributed by atoms with Crippen molar-refractivity contribution in [1.29, 1.82) is 0 Å². The van der Waals surface area contributed by atoms with Gasteiger partial charge in [-0.1, -0.05) is 25.3 Å². The molecule has 7 nitrogen and oxygen atoms in total. The molecule has 0 saturated carbocycles. The van der Waals surface area contributed by atoms with Gasteiger partial charge in [-0.15, -0.1) is 0 Å². The Morgan fingerprint density at radius 2 is 1.94 bits per heavy atom. The first-order valence-electron chi connectivity index (χ1n) is 9.76. The molecule has 3 rings (SSSR count). The molecular weight excluding hydrogens is 401 g/mol. The lowest BCUT2D eigenvalue weighted by Crippen LogP contribution is -2.51. The largest absolute Gasteiger partial charge is 0.490 e. The summed E-state index contributed by atoms with van der Waals surface area (Å²) >= 11 is 0. The number of ether oxygens (including phenoxy) is 2. The van der Waals surface area contributed by atoms with Crippen LogP contribution in [0.25, 0.3) is 0 Å². The fraction of sp³-hybridized carbons (Fsp3) is 0.217. The molecule has 2 aromatic rings. The van der Waals surface area contributed by atoms with Crippen molar-refractivity contribution in [2.24, 2.45) is 5.92 Å². The molecule has 1 heterocycles. The Morgan fingerprint density at radius 3 is 2.61 bits per heavy atom. The van der Waals surface area contributed by atoms with Gasteiger partial charge in [0.2, 0.25) is 5.91 Å². The second-order valence-electron chi connectivity index (χ2n) is 6.81. The van der Waals surface area contributed by atoms with E-state index < -0.39 is 29.7 Å². The molecule has 3 amide bonds. The van der Waals surface area contributed by atoms with Gasteiger partial charge in [0.25, 0.3) is 0 Å². The Morgan fingerprint density at radius 1 is 1.19 bits per heavy atom. The Kier molecular flexibility index (Phi) is 6.92. The minimum atomic E-state index is -0.822. The van der Waals surface area contributed by atoms with Crippen LogP contribution in [0.3, 0.4) is 0 Å². The van der Waals surface area contributed by atoms with Crippen LogP contribution in [-0.2, 0) is 4.79 Å². The van der Waals surface area contributed by atoms with E-state index in [0.29, 0.717) is 36.0 Å². The summed E-state index contributed by atoms with van der Waals surface area (Å²) in [5.41, 5.74) is 1.32. The second-order valence-corrected chi connectivity index (χ2v) is 6.81. The fourth-order valence-electron chi connectivity index (χ4n) is 3.28. The number of amides is 3. The molecule has 1 fully saturated rings. The first-order valence-corrected chi connectivity index (χ1v) is 9.76. The van der Waals surface area contributed by atoms with Crippen molar-refractivity contribution in [2.75, 3.05) is 18.5 Å². The minimum Gasteiger partial charge on any atom is -0.490 e. The van der Waals surface area contributed by atoms with Gasteiger partial charge < -0.3 is 25.4 Å². The molecule has 3 N–H and O–H groups in total. The summed E-state index contributed by atoms with van der Waals surface area (Å²) < 4.78 is 24.5. The predicted molar refractivity (Wildman–Crippen MR) is 115 cm³/mol. The van der Waals surface area contributed by atoms with Gasteiger partial charge in [0.15, 0.2) is 11.5 Å². The van der Waals surface area contributed by atoms with Crippen molar-refractivity contribution >= 4 is 17.6 Å². The third-order valence-electron chi connectivity index (χ3n) is 4.65. The van der Waals surface area contributed by atoms with Crippen molar-refractivity contribution in [2.45, 2.75) is 13.0 Å². The summed E-state index contributed by atoms with van der Waals surface area (Å²) in [4.78, 5) is 25.2. The first kappa shape index (κ1) is 21.9. The highest BCUT2D eigenvalue weighted by Crippen LogP contribution is 2.36. The van der Waals surface area contributed by atoms with Crippen LogP contribution in [0.15, 0.2) is 67.4 Å². The standard InChI is InChI=1S/C23H24FN3O4/c1-4-12-31-18-11-6-15(13-19(18)30-5-2)21-20(14(3)25-23(29)27-21)22(28)26-17-9-7-16(24)8-10-17/h4,6-11,13,20-21H,1,3,5,12H2,2H3,(H,26,28)(H2,25,27,29)/t20-,21-/m1/s1. The van der Waals surface area contributed by atoms with Gasteiger partial charge in [-0.05, 0) is 48.9 Å². The molecule has 1 aliphatic heterocycles. The number of carbonyl (C=O) groups excluding carboxylic acids is 2. The fourth-order valence-corrected chi connectivity index (χ4v) is 3.28. The summed E-state index contributed by atoms with van der Waals surface area (Å²) in [5.74, 6) is -0.625. The number of benzene rings is 2. The maximum Gasteiger partial charge on any atom is 0.319 e. The van der Waals surface area contributed by atoms with Crippen molar-refractivity contribution in [3.63, 3.8) is 0 Å². The lowest BCUT2D eigenvalue weighted by molar-refractivity contribution is -0.119. The van der Waals surface area contributed by atoms with Crippen molar-refractivity contribution in [1.82, 2.24) is 10.6 Å². The highest BCUT2D eigenvalue weighted by atomic mass is 19.1. The Labute approximate surface area is 179 Å². The van der Waals surface area contributed by atoms with Gasteiger partial charge in [-0.25, -0.2) is 9.18 Å². The van der Waals surface area contributed by atoms with Crippen LogP contribution in [0.4, 0.5) is 14.9 Å². The zero-order valence-corrected chi connectivity index (χ0v) is 17.1. The smallest absolute Gasteiger partial charge is 0.319 e. The van der Waals surface area contributed by atoms with E-state index in [1.165, 1.54) is 24.3 Å². The molecule has 0 aliphatic carbocycles. The Bertz CT molecular complexity index is 991. The number of urea groups is 1. The van der Waals surface area contributed by atoms with Gasteiger partial charge in [0.1, 0.15) is 18.3 Å². The Hall–Kier alpha value is -3.81. The third kappa shape index (κ3) is 5.22. The lowest BCUT2D eigenvalue weighted by Gasteiger charge is -2.34. The summed E-state index contributed by atoms with van der Waals surface area (Å²) in [6, 6.07) is 9.44. The summed E-state index contributed by atoms with van der Waals surface area (Å²) in [7, 11) is 0. The molecule has 0 bridgehead atoms. The SMILES string of the molecule is C=CCOc1ccc([C@H]2NC(=O)NC(=C)[C@H]2C(=O)Nc2ccc(F)cc2)cc1OCC. The predicted octanol–water partition coefficient (Wildman–Crippen LogP) is 3.91. The van der Waals surface area contributed by atoms with Crippen LogP contribution in [0.5, 0.6) is 11.5 Å². The molecule has 0 unspecified atom stereocenters. The molecule has 0 spiro atoms. The minimum absolute atomic E-state index is 0.248. The number of nitrogens with one attached hydrogen (secondary N) is 3. The van der Waals surface area contributed by atoms with E-state index in [9.17, 15) is 14.0 Å². The molecule has 162 valence electrons. The molecule has 1 saturated heterocycles. The normalized spacial score (nSPS) is 17.9. The van der Waals surface area contributed by atoms with E-state index in [2.05, 4.69) is 29.1 Å². The average Bonchev–Trinajstić information content (AvgIpc) is 2.74. The number of hydrogen-bond donors (Lipinski definition) is 3. The maximum absolute atomic E-state index is 13.2. The van der Waals surface area contributed by atoms with E-state index in [4.69, 9.17) is 9.47 Å². The van der Waals surface area contributed by atoms with Crippen LogP contribution in [0, 0.1) is 11.7 Å². The molecule has 0 aromatic heterocycles. The van der Waals surface area contributed by atoms with E-state index >= 15 is 0 Å². The van der Waals surface area contributed by atoms with Crippen molar-refractivity contribution in [3.05, 3.63) is 78.8 Å². The van der Waals surface area contributed by atoms with Gasteiger partial charge in [0.05, 0.1) is 12.6 Å². The first-order chi connectivity index (χ1) is 14.9. The van der Waals surface area contributed by atoms with Crippen LogP contribution in [0.1, 0.15) is 18.5 Å². The van der Waals surface area contributed by atoms with Crippen LogP contribution in [0.2, 0.25) is 0 Å². The highest BCUT2D eigenvalue weighted by Gasteiger charge is 2.38. The summed E-state index contributed by atoms with van der Waals surface area (Å²) in [5, 5.41) is 8.07. The van der Waals surface area contributed by atoms with E-state index in [0.717, 1.165) is 0 Å².